The molecule has 2 fully saturated rings. The first-order chi connectivity index (χ1) is 10.1. The molecule has 3 rings (SSSR count). The summed E-state index contributed by atoms with van der Waals surface area (Å²) >= 11 is 0. The Hall–Kier alpha value is -2.15. The Bertz CT molecular complexity index is 570. The lowest BCUT2D eigenvalue weighted by Crippen LogP contribution is -2.38. The zero-order valence-electron chi connectivity index (χ0n) is 11.5. The van der Waals surface area contributed by atoms with Gasteiger partial charge in [0.05, 0.1) is 4.92 Å². The van der Waals surface area contributed by atoms with Gasteiger partial charge in [-0.3, -0.25) is 20.8 Å². The zero-order valence-corrected chi connectivity index (χ0v) is 11.5. The summed E-state index contributed by atoms with van der Waals surface area (Å²) in [6, 6.07) is 4.69. The molecule has 0 bridgehead atoms. The molecule has 0 aromatic heterocycles. The van der Waals surface area contributed by atoms with Crippen molar-refractivity contribution in [3.05, 3.63) is 33.9 Å². The maximum Gasteiger partial charge on any atom is 0.306 e. The number of rotatable bonds is 6. The summed E-state index contributed by atoms with van der Waals surface area (Å²) in [5.74, 6) is 5.98. The molecule has 7 heteroatoms. The Morgan fingerprint density at radius 1 is 1.29 bits per heavy atom. The monoisotopic (exact) mass is 290 g/mol. The quantitative estimate of drug-likeness (QED) is 0.420. The van der Waals surface area contributed by atoms with E-state index >= 15 is 0 Å². The molecule has 0 saturated heterocycles. The fraction of sp³-hybridized carbons (Fsp3) is 0.500. The molecule has 0 unspecified atom stereocenters. The average Bonchev–Trinajstić information content (AvgIpc) is 3.36. The van der Waals surface area contributed by atoms with Crippen LogP contribution in [0.15, 0.2) is 18.2 Å². The molecule has 21 heavy (non-hydrogen) atoms. The van der Waals surface area contributed by atoms with Gasteiger partial charge in [-0.2, -0.15) is 0 Å². The van der Waals surface area contributed by atoms with Crippen molar-refractivity contribution < 1.29 is 9.72 Å². The largest absolute Gasteiger partial charge is 0.349 e. The minimum absolute atomic E-state index is 0.0572. The molecular weight excluding hydrogens is 272 g/mol. The molecule has 0 spiro atoms. The normalized spacial score (nSPS) is 17.6. The molecule has 1 amide bonds. The lowest BCUT2D eigenvalue weighted by atomic mass is 10.1. The summed E-state index contributed by atoms with van der Waals surface area (Å²) in [7, 11) is 0. The van der Waals surface area contributed by atoms with Crippen LogP contribution >= 0.6 is 0 Å². The van der Waals surface area contributed by atoms with E-state index in [-0.39, 0.29) is 28.9 Å². The molecule has 0 atom stereocenters. The van der Waals surface area contributed by atoms with Crippen LogP contribution < -0.4 is 16.6 Å². The van der Waals surface area contributed by atoms with Crippen LogP contribution in [-0.2, 0) is 0 Å². The van der Waals surface area contributed by atoms with Gasteiger partial charge in [-0.05, 0) is 49.7 Å². The van der Waals surface area contributed by atoms with Crippen molar-refractivity contribution in [3.63, 3.8) is 0 Å². The SMILES string of the molecule is NNc1cccc(C(=O)NC(C2CC2)C2CC2)c1[N+](=O)[O-]. The second kappa shape index (κ2) is 5.33. The van der Waals surface area contributed by atoms with Crippen LogP contribution in [-0.4, -0.2) is 16.9 Å². The number of nitro groups is 1. The third-order valence-corrected chi connectivity index (χ3v) is 4.18. The highest BCUT2D eigenvalue weighted by Gasteiger charge is 2.42. The van der Waals surface area contributed by atoms with Gasteiger partial charge in [0.2, 0.25) is 0 Å². The van der Waals surface area contributed by atoms with Crippen molar-refractivity contribution in [2.45, 2.75) is 31.7 Å². The summed E-state index contributed by atoms with van der Waals surface area (Å²) < 4.78 is 0. The molecule has 0 radical (unpaired) electrons. The molecule has 1 aromatic carbocycles. The Morgan fingerprint density at radius 3 is 2.38 bits per heavy atom. The van der Waals surface area contributed by atoms with Crippen LogP contribution in [0, 0.1) is 22.0 Å². The third-order valence-electron chi connectivity index (χ3n) is 4.18. The van der Waals surface area contributed by atoms with E-state index in [0.29, 0.717) is 11.8 Å². The smallest absolute Gasteiger partial charge is 0.306 e. The second-order valence-electron chi connectivity index (χ2n) is 5.78. The Morgan fingerprint density at radius 2 is 1.90 bits per heavy atom. The Balaban J connectivity index is 1.85. The first-order valence-corrected chi connectivity index (χ1v) is 7.16. The Kier molecular flexibility index (Phi) is 3.50. The van der Waals surface area contributed by atoms with Crippen LogP contribution in [0.5, 0.6) is 0 Å². The van der Waals surface area contributed by atoms with Crippen molar-refractivity contribution in [1.29, 1.82) is 0 Å². The molecule has 0 aliphatic heterocycles. The van der Waals surface area contributed by atoms with E-state index in [1.165, 1.54) is 12.1 Å². The van der Waals surface area contributed by atoms with Crippen LogP contribution in [0.1, 0.15) is 36.0 Å². The van der Waals surface area contributed by atoms with Crippen LogP contribution in [0.2, 0.25) is 0 Å². The van der Waals surface area contributed by atoms with E-state index in [4.69, 9.17) is 5.84 Å². The minimum atomic E-state index is -0.576. The highest BCUT2D eigenvalue weighted by molar-refractivity contribution is 6.00. The number of nitro benzene ring substituents is 1. The number of hydrogen-bond acceptors (Lipinski definition) is 5. The lowest BCUT2D eigenvalue weighted by molar-refractivity contribution is -0.384. The zero-order chi connectivity index (χ0) is 15.0. The van der Waals surface area contributed by atoms with E-state index in [0.717, 1.165) is 25.7 Å². The number of carbonyl (C=O) groups excluding carboxylic acids is 1. The minimum Gasteiger partial charge on any atom is -0.349 e. The number of para-hydroxylation sites is 1. The van der Waals surface area contributed by atoms with E-state index < -0.39 is 4.92 Å². The van der Waals surface area contributed by atoms with Crippen LogP contribution in [0.3, 0.4) is 0 Å². The van der Waals surface area contributed by atoms with E-state index in [9.17, 15) is 14.9 Å². The first-order valence-electron chi connectivity index (χ1n) is 7.16. The number of nitrogens with two attached hydrogens (primary N) is 1. The highest BCUT2D eigenvalue weighted by atomic mass is 16.6. The number of hydrogen-bond donors (Lipinski definition) is 3. The van der Waals surface area contributed by atoms with Crippen molar-refractivity contribution in [3.8, 4) is 0 Å². The van der Waals surface area contributed by atoms with Gasteiger partial charge >= 0.3 is 5.69 Å². The maximum absolute atomic E-state index is 12.4. The molecular formula is C14H18N4O3. The molecule has 112 valence electrons. The Labute approximate surface area is 122 Å². The number of hydrazine groups is 1. The molecule has 7 nitrogen and oxygen atoms in total. The number of nitrogens with one attached hydrogen (secondary N) is 2. The van der Waals surface area contributed by atoms with Gasteiger partial charge in [0.15, 0.2) is 0 Å². The molecule has 2 aliphatic carbocycles. The van der Waals surface area contributed by atoms with E-state index in [2.05, 4.69) is 10.7 Å². The standard InChI is InChI=1S/C14H18N4O3/c15-17-11-3-1-2-10(13(11)18(20)21)14(19)16-12(8-4-5-8)9-6-7-9/h1-3,8-9,12,17H,4-7,15H2,(H,16,19). The van der Waals surface area contributed by atoms with E-state index in [1.807, 2.05) is 0 Å². The van der Waals surface area contributed by atoms with Gasteiger partial charge in [0, 0.05) is 6.04 Å². The summed E-state index contributed by atoms with van der Waals surface area (Å²) in [5, 5.41) is 14.2. The number of carbonyl (C=O) groups is 1. The summed E-state index contributed by atoms with van der Waals surface area (Å²) in [5.41, 5.74) is 2.20. The fourth-order valence-corrected chi connectivity index (χ4v) is 2.80. The van der Waals surface area contributed by atoms with Crippen molar-refractivity contribution >= 4 is 17.3 Å². The van der Waals surface area contributed by atoms with Gasteiger partial charge in [-0.25, -0.2) is 0 Å². The predicted molar refractivity (Wildman–Crippen MR) is 77.6 cm³/mol. The van der Waals surface area contributed by atoms with Crippen LogP contribution in [0.25, 0.3) is 0 Å². The molecule has 4 N–H and O–H groups in total. The fourth-order valence-electron chi connectivity index (χ4n) is 2.80. The third kappa shape index (κ3) is 2.82. The highest BCUT2D eigenvalue weighted by Crippen LogP contribution is 2.44. The number of anilines is 1. The van der Waals surface area contributed by atoms with Gasteiger partial charge in [0.1, 0.15) is 11.3 Å². The lowest BCUT2D eigenvalue weighted by Gasteiger charge is -2.18. The summed E-state index contributed by atoms with van der Waals surface area (Å²) in [4.78, 5) is 23.1. The number of benzene rings is 1. The number of nitrogen functional groups attached to an aromatic ring is 1. The number of nitrogens with zero attached hydrogens (tertiary/aromatic N) is 1. The first kappa shape index (κ1) is 13.8. The van der Waals surface area contributed by atoms with Gasteiger partial charge in [-0.1, -0.05) is 6.07 Å². The van der Waals surface area contributed by atoms with Gasteiger partial charge in [0.25, 0.3) is 5.91 Å². The molecule has 2 saturated carbocycles. The molecule has 0 heterocycles. The second-order valence-corrected chi connectivity index (χ2v) is 5.78. The van der Waals surface area contributed by atoms with Crippen molar-refractivity contribution in [2.24, 2.45) is 17.7 Å². The summed E-state index contributed by atoms with van der Waals surface area (Å²) in [6.07, 6.45) is 4.53. The van der Waals surface area contributed by atoms with Crippen LogP contribution in [0.4, 0.5) is 11.4 Å². The van der Waals surface area contributed by atoms with Crippen molar-refractivity contribution in [1.82, 2.24) is 5.32 Å². The van der Waals surface area contributed by atoms with Gasteiger partial charge < -0.3 is 10.7 Å². The summed E-state index contributed by atoms with van der Waals surface area (Å²) in [6.45, 7) is 0. The number of amides is 1. The topological polar surface area (TPSA) is 110 Å². The maximum atomic E-state index is 12.4. The van der Waals surface area contributed by atoms with Gasteiger partial charge in [-0.15, -0.1) is 0 Å². The molecule has 2 aliphatic rings. The van der Waals surface area contributed by atoms with E-state index in [1.54, 1.807) is 6.07 Å². The average molecular weight is 290 g/mol. The predicted octanol–water partition coefficient (Wildman–Crippen LogP) is 1.80. The van der Waals surface area contributed by atoms with Crippen molar-refractivity contribution in [2.75, 3.05) is 5.43 Å². The molecule has 1 aromatic rings.